The number of nitrogens with zero attached hydrogens (tertiary/aromatic N) is 3. The minimum Gasteiger partial charge on any atom is -0.425 e. The lowest BCUT2D eigenvalue weighted by Gasteiger charge is -2.26. The number of amides is 1. The molecule has 1 aliphatic heterocycles. The second-order valence-electron chi connectivity index (χ2n) is 6.13. The molecule has 1 amide bonds. The van der Waals surface area contributed by atoms with Crippen molar-refractivity contribution in [1.29, 1.82) is 0 Å². The normalized spacial score (nSPS) is 16.5. The van der Waals surface area contributed by atoms with E-state index in [-0.39, 0.29) is 18.2 Å². The van der Waals surface area contributed by atoms with Gasteiger partial charge in [0.2, 0.25) is 17.7 Å². The van der Waals surface area contributed by atoms with E-state index in [2.05, 4.69) is 20.4 Å². The monoisotopic (exact) mass is 344 g/mol. The van der Waals surface area contributed by atoms with Crippen LogP contribution in [0.3, 0.4) is 0 Å². The van der Waals surface area contributed by atoms with Gasteiger partial charge in [-0.05, 0) is 5.56 Å². The van der Waals surface area contributed by atoms with Crippen LogP contribution in [-0.4, -0.2) is 60.4 Å². The first-order valence-corrected chi connectivity index (χ1v) is 8.64. The number of nitrogens with one attached hydrogen (secondary N) is 1. The highest BCUT2D eigenvalue weighted by molar-refractivity contribution is 5.77. The Balaban J connectivity index is 1.57. The number of hydrogen-bond donors (Lipinski definition) is 1. The number of carbonyl (C=O) groups is 1. The third kappa shape index (κ3) is 5.11. The fourth-order valence-electron chi connectivity index (χ4n) is 2.92. The van der Waals surface area contributed by atoms with Crippen molar-refractivity contribution in [1.82, 2.24) is 20.4 Å². The summed E-state index contributed by atoms with van der Waals surface area (Å²) in [5, 5.41) is 11.0. The number of benzene rings is 1. The van der Waals surface area contributed by atoms with Gasteiger partial charge in [0, 0.05) is 39.5 Å². The Kier molecular flexibility index (Phi) is 6.14. The van der Waals surface area contributed by atoms with E-state index in [0.717, 1.165) is 38.4 Å². The third-order valence-corrected chi connectivity index (χ3v) is 4.29. The van der Waals surface area contributed by atoms with Crippen LogP contribution in [0.2, 0.25) is 0 Å². The average Bonchev–Trinajstić information content (AvgIpc) is 3.07. The molecule has 3 rings (SSSR count). The van der Waals surface area contributed by atoms with E-state index < -0.39 is 0 Å². The SMILES string of the molecule is Cc1nnc(C(CC(=O)NCCN2CCOCC2)c2ccccc2)o1. The molecular formula is C18H24N4O3. The minimum atomic E-state index is -0.231. The second-order valence-corrected chi connectivity index (χ2v) is 6.13. The van der Waals surface area contributed by atoms with Gasteiger partial charge in [-0.25, -0.2) is 0 Å². The molecule has 0 radical (unpaired) electrons. The Hall–Kier alpha value is -2.25. The molecule has 1 fully saturated rings. The van der Waals surface area contributed by atoms with Crippen LogP contribution in [0, 0.1) is 6.92 Å². The van der Waals surface area contributed by atoms with Gasteiger partial charge >= 0.3 is 0 Å². The molecule has 0 bridgehead atoms. The maximum absolute atomic E-state index is 12.4. The highest BCUT2D eigenvalue weighted by Gasteiger charge is 2.23. The zero-order valence-corrected chi connectivity index (χ0v) is 14.5. The van der Waals surface area contributed by atoms with Crippen molar-refractivity contribution in [3.63, 3.8) is 0 Å². The summed E-state index contributed by atoms with van der Waals surface area (Å²) >= 11 is 0. The number of ether oxygens (including phenoxy) is 1. The first-order chi connectivity index (χ1) is 12.2. The fourth-order valence-corrected chi connectivity index (χ4v) is 2.92. The molecule has 1 aromatic heterocycles. The quantitative estimate of drug-likeness (QED) is 0.817. The van der Waals surface area contributed by atoms with Crippen molar-refractivity contribution in [3.05, 3.63) is 47.7 Å². The smallest absolute Gasteiger partial charge is 0.224 e. The van der Waals surface area contributed by atoms with Gasteiger partial charge in [-0.1, -0.05) is 30.3 Å². The molecule has 7 nitrogen and oxygen atoms in total. The molecule has 1 aromatic carbocycles. The maximum Gasteiger partial charge on any atom is 0.224 e. The molecule has 1 N–H and O–H groups in total. The summed E-state index contributed by atoms with van der Waals surface area (Å²) in [7, 11) is 0. The van der Waals surface area contributed by atoms with Gasteiger partial charge in [0.15, 0.2) is 0 Å². The van der Waals surface area contributed by atoms with Crippen molar-refractivity contribution in [2.24, 2.45) is 0 Å². The molecule has 1 unspecified atom stereocenters. The zero-order chi connectivity index (χ0) is 17.5. The van der Waals surface area contributed by atoms with Crippen LogP contribution in [-0.2, 0) is 9.53 Å². The summed E-state index contributed by atoms with van der Waals surface area (Å²) in [4.78, 5) is 14.7. The predicted molar refractivity (Wildman–Crippen MR) is 92.2 cm³/mol. The Bertz CT molecular complexity index is 668. The molecule has 134 valence electrons. The van der Waals surface area contributed by atoms with E-state index in [9.17, 15) is 4.79 Å². The van der Waals surface area contributed by atoms with Crippen molar-refractivity contribution < 1.29 is 13.9 Å². The number of aromatic nitrogens is 2. The van der Waals surface area contributed by atoms with Gasteiger partial charge in [0.25, 0.3) is 0 Å². The largest absolute Gasteiger partial charge is 0.425 e. The number of aryl methyl sites for hydroxylation is 1. The Morgan fingerprint density at radius 3 is 2.68 bits per heavy atom. The van der Waals surface area contributed by atoms with Crippen LogP contribution >= 0.6 is 0 Å². The number of morpholine rings is 1. The fraction of sp³-hybridized carbons (Fsp3) is 0.500. The molecule has 1 aliphatic rings. The lowest BCUT2D eigenvalue weighted by atomic mass is 9.95. The van der Waals surface area contributed by atoms with Crippen LogP contribution < -0.4 is 5.32 Å². The second kappa shape index (κ2) is 8.73. The van der Waals surface area contributed by atoms with Gasteiger partial charge in [0.05, 0.1) is 19.1 Å². The lowest BCUT2D eigenvalue weighted by Crippen LogP contribution is -2.41. The van der Waals surface area contributed by atoms with Gasteiger partial charge in [0.1, 0.15) is 0 Å². The molecule has 7 heteroatoms. The molecule has 25 heavy (non-hydrogen) atoms. The number of hydrogen-bond acceptors (Lipinski definition) is 6. The highest BCUT2D eigenvalue weighted by Crippen LogP contribution is 2.26. The minimum absolute atomic E-state index is 0.0158. The average molecular weight is 344 g/mol. The molecular weight excluding hydrogens is 320 g/mol. The van der Waals surface area contributed by atoms with E-state index in [1.54, 1.807) is 6.92 Å². The first kappa shape index (κ1) is 17.6. The molecule has 1 saturated heterocycles. The molecule has 0 aliphatic carbocycles. The van der Waals surface area contributed by atoms with E-state index >= 15 is 0 Å². The predicted octanol–water partition coefficient (Wildman–Crippen LogP) is 1.35. The van der Waals surface area contributed by atoms with Crippen LogP contribution in [0.15, 0.2) is 34.7 Å². The van der Waals surface area contributed by atoms with Gasteiger partial charge in [-0.3, -0.25) is 9.69 Å². The van der Waals surface area contributed by atoms with Crippen LogP contribution in [0.25, 0.3) is 0 Å². The topological polar surface area (TPSA) is 80.5 Å². The molecule has 1 atom stereocenters. The summed E-state index contributed by atoms with van der Waals surface area (Å²) < 4.78 is 10.9. The summed E-state index contributed by atoms with van der Waals surface area (Å²) in [6, 6.07) is 9.79. The molecule has 2 aromatic rings. The van der Waals surface area contributed by atoms with Crippen molar-refractivity contribution in [2.75, 3.05) is 39.4 Å². The number of carbonyl (C=O) groups excluding carboxylic acids is 1. The highest BCUT2D eigenvalue weighted by atomic mass is 16.5. The van der Waals surface area contributed by atoms with Gasteiger partial charge in [-0.2, -0.15) is 0 Å². The standard InChI is InChI=1S/C18H24N4O3/c1-14-20-21-18(25-14)16(15-5-3-2-4-6-15)13-17(23)19-7-8-22-9-11-24-12-10-22/h2-6,16H,7-13H2,1H3,(H,19,23). The maximum atomic E-state index is 12.4. The lowest BCUT2D eigenvalue weighted by molar-refractivity contribution is -0.121. The molecule has 0 spiro atoms. The Morgan fingerprint density at radius 1 is 1.24 bits per heavy atom. The van der Waals surface area contributed by atoms with E-state index in [1.165, 1.54) is 0 Å². The van der Waals surface area contributed by atoms with E-state index in [0.29, 0.717) is 18.3 Å². The van der Waals surface area contributed by atoms with Gasteiger partial charge in [-0.15, -0.1) is 10.2 Å². The third-order valence-electron chi connectivity index (χ3n) is 4.29. The van der Waals surface area contributed by atoms with Crippen LogP contribution in [0.4, 0.5) is 0 Å². The summed E-state index contributed by atoms with van der Waals surface area (Å²) in [6.07, 6.45) is 0.286. The van der Waals surface area contributed by atoms with Gasteiger partial charge < -0.3 is 14.5 Å². The number of rotatable bonds is 7. The van der Waals surface area contributed by atoms with Crippen LogP contribution in [0.1, 0.15) is 29.7 Å². The summed E-state index contributed by atoms with van der Waals surface area (Å²) in [6.45, 7) is 6.59. The summed E-state index contributed by atoms with van der Waals surface area (Å²) in [5.74, 6) is 0.736. The first-order valence-electron chi connectivity index (χ1n) is 8.64. The zero-order valence-electron chi connectivity index (χ0n) is 14.5. The molecule has 0 saturated carbocycles. The van der Waals surface area contributed by atoms with Crippen molar-refractivity contribution in [2.45, 2.75) is 19.3 Å². The summed E-state index contributed by atoms with van der Waals surface area (Å²) in [5.41, 5.74) is 0.995. The Morgan fingerprint density at radius 2 is 2.00 bits per heavy atom. The Labute approximate surface area is 147 Å². The molecule has 2 heterocycles. The van der Waals surface area contributed by atoms with E-state index in [4.69, 9.17) is 9.15 Å². The van der Waals surface area contributed by atoms with Crippen LogP contribution in [0.5, 0.6) is 0 Å². The van der Waals surface area contributed by atoms with E-state index in [1.807, 2.05) is 30.3 Å². The van der Waals surface area contributed by atoms with Crippen molar-refractivity contribution >= 4 is 5.91 Å². The van der Waals surface area contributed by atoms with Crippen molar-refractivity contribution in [3.8, 4) is 0 Å².